The Morgan fingerprint density at radius 1 is 1.35 bits per heavy atom. The van der Waals surface area contributed by atoms with E-state index in [-0.39, 0.29) is 23.2 Å². The number of aryl methyl sites for hydroxylation is 1. The molecule has 1 fully saturated rings. The Labute approximate surface area is 178 Å². The van der Waals surface area contributed by atoms with Crippen molar-refractivity contribution in [3.8, 4) is 0 Å². The van der Waals surface area contributed by atoms with Crippen molar-refractivity contribution in [1.82, 2.24) is 14.9 Å². The second-order valence-electron chi connectivity index (χ2n) is 7.52. The minimum absolute atomic E-state index is 0.00168. The third-order valence-corrected chi connectivity index (χ3v) is 5.33. The maximum Gasteiger partial charge on any atom is 0.353 e. The highest BCUT2D eigenvalue weighted by Crippen LogP contribution is 2.32. The molecule has 1 aromatic carbocycles. The first kappa shape index (κ1) is 22.6. The lowest BCUT2D eigenvalue weighted by Gasteiger charge is -2.34. The highest BCUT2D eigenvalue weighted by atomic mass is 19.3. The van der Waals surface area contributed by atoms with Gasteiger partial charge < -0.3 is 20.1 Å². The molecule has 1 aliphatic heterocycles. The van der Waals surface area contributed by atoms with Crippen LogP contribution >= 0.6 is 0 Å². The molecule has 0 bridgehead atoms. The van der Waals surface area contributed by atoms with Crippen LogP contribution in [0.15, 0.2) is 48.7 Å². The van der Waals surface area contributed by atoms with E-state index in [1.54, 1.807) is 11.0 Å². The van der Waals surface area contributed by atoms with Gasteiger partial charge in [0.15, 0.2) is 0 Å². The molecule has 31 heavy (non-hydrogen) atoms. The van der Waals surface area contributed by atoms with Gasteiger partial charge in [-0.3, -0.25) is 4.79 Å². The molecule has 166 valence electrons. The number of amides is 1. The Kier molecular flexibility index (Phi) is 7.17. The number of aromatic amines is 1. The molecule has 3 N–H and O–H groups in total. The monoisotopic (exact) mass is 433 g/mol. The van der Waals surface area contributed by atoms with Crippen LogP contribution in [-0.4, -0.2) is 55.6 Å². The second kappa shape index (κ2) is 9.82. The smallest absolute Gasteiger partial charge is 0.353 e. The number of carboxylic acid groups (broad SMARTS) is 1. The quantitative estimate of drug-likeness (QED) is 0.527. The average Bonchev–Trinajstić information content (AvgIpc) is 3.23. The van der Waals surface area contributed by atoms with E-state index >= 15 is 0 Å². The van der Waals surface area contributed by atoms with E-state index in [0.717, 1.165) is 6.08 Å². The number of carboxylic acids is 1. The number of piperidine rings is 1. The first-order chi connectivity index (χ1) is 14.8. The molecule has 9 heteroatoms. The molecule has 0 spiro atoms. The van der Waals surface area contributed by atoms with Crippen molar-refractivity contribution in [3.05, 3.63) is 65.8 Å². The maximum absolute atomic E-state index is 14.5. The summed E-state index contributed by atoms with van der Waals surface area (Å²) < 4.78 is 29.0. The fourth-order valence-electron chi connectivity index (χ4n) is 3.64. The molecule has 1 saturated heterocycles. The number of H-pyrrole nitrogens is 1. The van der Waals surface area contributed by atoms with E-state index < -0.39 is 18.0 Å². The predicted molar refractivity (Wildman–Crippen MR) is 109 cm³/mol. The van der Waals surface area contributed by atoms with Gasteiger partial charge in [0.2, 0.25) is 5.91 Å². The van der Waals surface area contributed by atoms with Gasteiger partial charge in [0, 0.05) is 24.9 Å². The van der Waals surface area contributed by atoms with Crippen molar-refractivity contribution >= 4 is 11.9 Å². The number of aromatic carboxylic acids is 1. The molecule has 2 aromatic rings. The average molecular weight is 433 g/mol. The zero-order valence-corrected chi connectivity index (χ0v) is 16.9. The van der Waals surface area contributed by atoms with Crippen LogP contribution in [0.25, 0.3) is 0 Å². The van der Waals surface area contributed by atoms with Crippen molar-refractivity contribution in [2.45, 2.75) is 50.2 Å². The SMILES string of the molecule is O=C(O)c1cnc(CCCN2C(=O)CCC[C@@H]2/C=C/[C@@H](O)C(F)(F)c2ccccc2)[nH]1. The summed E-state index contributed by atoms with van der Waals surface area (Å²) in [6.07, 6.45) is 4.41. The van der Waals surface area contributed by atoms with Gasteiger partial charge in [-0.2, -0.15) is 8.78 Å². The minimum Gasteiger partial charge on any atom is -0.477 e. The van der Waals surface area contributed by atoms with Crippen molar-refractivity contribution in [2.75, 3.05) is 6.54 Å². The molecule has 1 amide bonds. The van der Waals surface area contributed by atoms with E-state index in [9.17, 15) is 23.5 Å². The number of rotatable bonds is 9. The van der Waals surface area contributed by atoms with Gasteiger partial charge in [0.05, 0.1) is 12.2 Å². The largest absolute Gasteiger partial charge is 0.477 e. The fourth-order valence-corrected chi connectivity index (χ4v) is 3.64. The Hall–Kier alpha value is -3.07. The summed E-state index contributed by atoms with van der Waals surface area (Å²) in [4.78, 5) is 31.6. The highest BCUT2D eigenvalue weighted by Gasteiger charge is 2.39. The lowest BCUT2D eigenvalue weighted by molar-refractivity contribution is -0.135. The van der Waals surface area contributed by atoms with Crippen LogP contribution in [0.3, 0.4) is 0 Å². The van der Waals surface area contributed by atoms with Crippen LogP contribution in [0.2, 0.25) is 0 Å². The van der Waals surface area contributed by atoms with Crippen molar-refractivity contribution in [2.24, 2.45) is 0 Å². The molecular weight excluding hydrogens is 408 g/mol. The van der Waals surface area contributed by atoms with Gasteiger partial charge in [0.25, 0.3) is 0 Å². The molecule has 0 aliphatic carbocycles. The topological polar surface area (TPSA) is 107 Å². The molecule has 3 rings (SSSR count). The van der Waals surface area contributed by atoms with Crippen LogP contribution in [0.4, 0.5) is 8.78 Å². The first-order valence-electron chi connectivity index (χ1n) is 10.2. The standard InChI is InChI=1S/C22H25F2N3O4/c23-22(24,15-6-2-1-3-7-15)18(28)12-11-16-8-4-10-20(29)27(16)13-5-9-19-25-14-17(26-19)21(30)31/h1-3,6-7,11-12,14,16,18,28H,4-5,8-10,13H2,(H,25,26)(H,30,31)/b12-11+/t16-,18-/m1/s1. The van der Waals surface area contributed by atoms with Crippen molar-refractivity contribution < 1.29 is 28.6 Å². The summed E-state index contributed by atoms with van der Waals surface area (Å²) in [5.74, 6) is -4.11. The number of aliphatic hydroxyl groups is 1. The second-order valence-corrected chi connectivity index (χ2v) is 7.52. The summed E-state index contributed by atoms with van der Waals surface area (Å²) in [6, 6.07) is 6.74. The summed E-state index contributed by atoms with van der Waals surface area (Å²) >= 11 is 0. The van der Waals surface area contributed by atoms with Crippen molar-refractivity contribution in [3.63, 3.8) is 0 Å². The number of hydrogen-bond acceptors (Lipinski definition) is 4. The predicted octanol–water partition coefficient (Wildman–Crippen LogP) is 3.13. The number of halogens is 2. The number of alkyl halides is 2. The van der Waals surface area contributed by atoms with E-state index in [0.29, 0.717) is 44.5 Å². The molecular formula is C22H25F2N3O4. The number of aliphatic hydroxyl groups excluding tert-OH is 1. The Morgan fingerprint density at radius 3 is 2.77 bits per heavy atom. The number of nitrogens with one attached hydrogen (secondary N) is 1. The molecule has 1 aliphatic rings. The van der Waals surface area contributed by atoms with Gasteiger partial charge in [0.1, 0.15) is 17.6 Å². The number of aromatic nitrogens is 2. The molecule has 0 radical (unpaired) electrons. The first-order valence-corrected chi connectivity index (χ1v) is 10.2. The van der Waals surface area contributed by atoms with Gasteiger partial charge >= 0.3 is 11.9 Å². The summed E-state index contributed by atoms with van der Waals surface area (Å²) in [5.41, 5.74) is -0.277. The van der Waals surface area contributed by atoms with E-state index in [2.05, 4.69) is 9.97 Å². The van der Waals surface area contributed by atoms with E-state index in [4.69, 9.17) is 5.11 Å². The lowest BCUT2D eigenvalue weighted by atomic mass is 9.98. The Balaban J connectivity index is 1.61. The van der Waals surface area contributed by atoms with Gasteiger partial charge in [-0.25, -0.2) is 9.78 Å². The summed E-state index contributed by atoms with van der Waals surface area (Å²) in [5, 5.41) is 19.0. The third kappa shape index (κ3) is 5.55. The van der Waals surface area contributed by atoms with Crippen LogP contribution in [0.1, 0.15) is 47.6 Å². The van der Waals surface area contributed by atoms with Gasteiger partial charge in [-0.15, -0.1) is 0 Å². The van der Waals surface area contributed by atoms with Crippen LogP contribution in [-0.2, 0) is 17.1 Å². The molecule has 1 aromatic heterocycles. The third-order valence-electron chi connectivity index (χ3n) is 5.33. The number of carbonyl (C=O) groups is 2. The van der Waals surface area contributed by atoms with E-state index in [1.165, 1.54) is 36.5 Å². The molecule has 0 saturated carbocycles. The van der Waals surface area contributed by atoms with Gasteiger partial charge in [-0.05, 0) is 19.3 Å². The molecule has 7 nitrogen and oxygen atoms in total. The Morgan fingerprint density at radius 2 is 2.10 bits per heavy atom. The number of hydrogen-bond donors (Lipinski definition) is 3. The fraction of sp³-hybridized carbons (Fsp3) is 0.409. The normalized spacial score (nSPS) is 18.5. The lowest BCUT2D eigenvalue weighted by Crippen LogP contribution is -2.43. The number of nitrogens with zero attached hydrogens (tertiary/aromatic N) is 2. The number of likely N-dealkylation sites (tertiary alicyclic amines) is 1. The molecule has 0 unspecified atom stereocenters. The van der Waals surface area contributed by atoms with Gasteiger partial charge in [-0.1, -0.05) is 42.5 Å². The summed E-state index contributed by atoms with van der Waals surface area (Å²) in [6.45, 7) is 0.377. The number of benzene rings is 1. The maximum atomic E-state index is 14.5. The molecule has 2 atom stereocenters. The zero-order valence-electron chi connectivity index (χ0n) is 16.9. The summed E-state index contributed by atoms with van der Waals surface area (Å²) in [7, 11) is 0. The number of imidazole rings is 1. The van der Waals surface area contributed by atoms with Crippen molar-refractivity contribution in [1.29, 1.82) is 0 Å². The van der Waals surface area contributed by atoms with Crippen LogP contribution < -0.4 is 0 Å². The van der Waals surface area contributed by atoms with Crippen LogP contribution in [0, 0.1) is 0 Å². The van der Waals surface area contributed by atoms with E-state index in [1.807, 2.05) is 0 Å². The Bertz CT molecular complexity index is 930. The molecule has 2 heterocycles. The van der Waals surface area contributed by atoms with Crippen LogP contribution in [0.5, 0.6) is 0 Å². The highest BCUT2D eigenvalue weighted by molar-refractivity contribution is 5.85. The number of carbonyl (C=O) groups excluding carboxylic acids is 1. The zero-order chi connectivity index (χ0) is 22.4. The minimum atomic E-state index is -3.44.